The van der Waals surface area contributed by atoms with E-state index in [0.717, 1.165) is 17.6 Å². The smallest absolute Gasteiger partial charge is 0.224 e. The number of rotatable bonds is 4. The molecule has 0 aromatic carbocycles. The first-order valence-corrected chi connectivity index (χ1v) is 6.79. The van der Waals surface area contributed by atoms with Crippen LogP contribution in [0.15, 0.2) is 12.3 Å². The summed E-state index contributed by atoms with van der Waals surface area (Å²) in [5.41, 5.74) is 0. The lowest BCUT2D eigenvalue weighted by atomic mass is 10.2. The maximum atomic E-state index is 4.33. The highest BCUT2D eigenvalue weighted by atomic mass is 32.2. The van der Waals surface area contributed by atoms with Crippen LogP contribution >= 0.6 is 11.8 Å². The third-order valence-electron chi connectivity index (χ3n) is 2.66. The zero-order valence-corrected chi connectivity index (χ0v) is 10.4. The van der Waals surface area contributed by atoms with Crippen molar-refractivity contribution in [3.05, 3.63) is 12.3 Å². The highest BCUT2D eigenvalue weighted by Gasteiger charge is 2.13. The van der Waals surface area contributed by atoms with Gasteiger partial charge in [-0.05, 0) is 24.7 Å². The third kappa shape index (κ3) is 3.27. The van der Waals surface area contributed by atoms with Gasteiger partial charge < -0.3 is 10.6 Å². The molecule has 0 spiro atoms. The second-order valence-corrected chi connectivity index (χ2v) is 5.29. The van der Waals surface area contributed by atoms with Gasteiger partial charge in [0.2, 0.25) is 5.95 Å². The van der Waals surface area contributed by atoms with Crippen LogP contribution in [0.25, 0.3) is 0 Å². The molecule has 1 saturated heterocycles. The van der Waals surface area contributed by atoms with Crippen LogP contribution < -0.4 is 10.6 Å². The minimum Gasteiger partial charge on any atom is -0.369 e. The lowest BCUT2D eigenvalue weighted by Gasteiger charge is -2.21. The minimum absolute atomic E-state index is 0.668. The van der Waals surface area contributed by atoms with Gasteiger partial charge in [0.15, 0.2) is 0 Å². The fraction of sp³-hybridized carbons (Fsp3) is 0.636. The van der Waals surface area contributed by atoms with Crippen LogP contribution in [0, 0.1) is 0 Å². The normalized spacial score (nSPS) is 20.4. The van der Waals surface area contributed by atoms with E-state index in [9.17, 15) is 0 Å². The van der Waals surface area contributed by atoms with Gasteiger partial charge in [0.05, 0.1) is 0 Å². The molecule has 1 aliphatic heterocycles. The first-order chi connectivity index (χ1) is 7.88. The van der Waals surface area contributed by atoms with E-state index in [2.05, 4.69) is 32.4 Å². The van der Waals surface area contributed by atoms with Crippen molar-refractivity contribution >= 4 is 23.5 Å². The Morgan fingerprint density at radius 3 is 3.19 bits per heavy atom. The van der Waals surface area contributed by atoms with Crippen molar-refractivity contribution < 1.29 is 0 Å². The van der Waals surface area contributed by atoms with E-state index in [-0.39, 0.29) is 0 Å². The fourth-order valence-corrected chi connectivity index (χ4v) is 3.00. The van der Waals surface area contributed by atoms with E-state index >= 15 is 0 Å². The van der Waals surface area contributed by atoms with Gasteiger partial charge >= 0.3 is 0 Å². The van der Waals surface area contributed by atoms with Crippen LogP contribution in [0.4, 0.5) is 11.8 Å². The summed E-state index contributed by atoms with van der Waals surface area (Å²) < 4.78 is 0. The number of hydrogen-bond donors (Lipinski definition) is 2. The number of nitrogens with one attached hydrogen (secondary N) is 2. The van der Waals surface area contributed by atoms with Crippen LogP contribution in [0.3, 0.4) is 0 Å². The van der Waals surface area contributed by atoms with Crippen LogP contribution in [-0.2, 0) is 0 Å². The Bertz CT molecular complexity index is 326. The van der Waals surface area contributed by atoms with Crippen molar-refractivity contribution in [3.63, 3.8) is 0 Å². The van der Waals surface area contributed by atoms with E-state index in [1.165, 1.54) is 25.0 Å². The second kappa shape index (κ2) is 5.94. The summed E-state index contributed by atoms with van der Waals surface area (Å²) >= 11 is 2.07. The minimum atomic E-state index is 0.668. The molecule has 1 aromatic heterocycles. The predicted molar refractivity (Wildman–Crippen MR) is 70.2 cm³/mol. The van der Waals surface area contributed by atoms with E-state index in [4.69, 9.17) is 0 Å². The highest BCUT2D eigenvalue weighted by molar-refractivity contribution is 7.99. The Morgan fingerprint density at radius 2 is 2.44 bits per heavy atom. The molecule has 1 atom stereocenters. The molecular weight excluding hydrogens is 220 g/mol. The summed E-state index contributed by atoms with van der Waals surface area (Å²) in [6.45, 7) is 1.00. The van der Waals surface area contributed by atoms with Crippen molar-refractivity contribution in [2.24, 2.45) is 0 Å². The molecule has 0 aliphatic carbocycles. The number of nitrogens with zero attached hydrogens (tertiary/aromatic N) is 2. The first kappa shape index (κ1) is 11.5. The monoisotopic (exact) mass is 238 g/mol. The molecule has 0 bridgehead atoms. The maximum absolute atomic E-state index is 4.33. The topological polar surface area (TPSA) is 49.8 Å². The van der Waals surface area contributed by atoms with Crippen LogP contribution in [-0.4, -0.2) is 34.6 Å². The highest BCUT2D eigenvalue weighted by Crippen LogP contribution is 2.25. The Morgan fingerprint density at radius 1 is 1.50 bits per heavy atom. The number of aromatic nitrogens is 2. The van der Waals surface area contributed by atoms with E-state index in [1.54, 1.807) is 6.20 Å². The van der Waals surface area contributed by atoms with Gasteiger partial charge in [-0.1, -0.05) is 6.42 Å². The van der Waals surface area contributed by atoms with E-state index in [0.29, 0.717) is 5.95 Å². The molecule has 4 nitrogen and oxygen atoms in total. The largest absolute Gasteiger partial charge is 0.369 e. The Kier molecular flexibility index (Phi) is 4.27. The van der Waals surface area contributed by atoms with Gasteiger partial charge in [-0.15, -0.1) is 0 Å². The molecule has 1 fully saturated rings. The van der Waals surface area contributed by atoms with Gasteiger partial charge in [-0.2, -0.15) is 16.7 Å². The zero-order chi connectivity index (χ0) is 11.2. The summed E-state index contributed by atoms with van der Waals surface area (Å²) in [5, 5.41) is 7.05. The molecule has 0 radical (unpaired) electrons. The van der Waals surface area contributed by atoms with Gasteiger partial charge in [-0.3, -0.25) is 0 Å². The number of hydrogen-bond acceptors (Lipinski definition) is 5. The van der Waals surface area contributed by atoms with Crippen molar-refractivity contribution in [1.82, 2.24) is 9.97 Å². The van der Waals surface area contributed by atoms with Gasteiger partial charge in [0.1, 0.15) is 5.82 Å². The van der Waals surface area contributed by atoms with Crippen molar-refractivity contribution in [1.29, 1.82) is 0 Å². The molecule has 0 saturated carbocycles. The zero-order valence-electron chi connectivity index (χ0n) is 9.57. The lowest BCUT2D eigenvalue weighted by Crippen LogP contribution is -2.20. The molecule has 2 N–H and O–H groups in total. The van der Waals surface area contributed by atoms with E-state index < -0.39 is 0 Å². The van der Waals surface area contributed by atoms with Crippen LogP contribution in [0.2, 0.25) is 0 Å². The maximum Gasteiger partial charge on any atom is 0.224 e. The average Bonchev–Trinajstić information content (AvgIpc) is 2.38. The Hall–Kier alpha value is -0.970. The summed E-state index contributed by atoms with van der Waals surface area (Å²) in [7, 11) is 1.83. The van der Waals surface area contributed by atoms with Gasteiger partial charge in [0, 0.05) is 25.0 Å². The second-order valence-electron chi connectivity index (χ2n) is 3.88. The van der Waals surface area contributed by atoms with Crippen molar-refractivity contribution in [2.75, 3.05) is 30.0 Å². The molecule has 1 aromatic rings. The summed E-state index contributed by atoms with van der Waals surface area (Å²) in [6, 6.07) is 1.91. The fourth-order valence-electron chi connectivity index (χ4n) is 1.76. The van der Waals surface area contributed by atoms with Crippen molar-refractivity contribution in [3.8, 4) is 0 Å². The number of anilines is 2. The quantitative estimate of drug-likeness (QED) is 0.842. The van der Waals surface area contributed by atoms with Crippen LogP contribution in [0.1, 0.15) is 19.3 Å². The SMILES string of the molecule is CNc1nccc(NCC2CCCCS2)n1. The summed E-state index contributed by atoms with van der Waals surface area (Å²) in [4.78, 5) is 8.42. The predicted octanol–water partition coefficient (Wildman–Crippen LogP) is 2.22. The molecule has 1 aliphatic rings. The summed E-state index contributed by atoms with van der Waals surface area (Å²) in [5.74, 6) is 2.88. The molecule has 0 amide bonds. The molecule has 2 heterocycles. The van der Waals surface area contributed by atoms with Crippen molar-refractivity contribution in [2.45, 2.75) is 24.5 Å². The van der Waals surface area contributed by atoms with Crippen LogP contribution in [0.5, 0.6) is 0 Å². The molecule has 88 valence electrons. The number of thioether (sulfide) groups is 1. The molecule has 2 rings (SSSR count). The lowest BCUT2D eigenvalue weighted by molar-refractivity contribution is 0.677. The van der Waals surface area contributed by atoms with Gasteiger partial charge in [0.25, 0.3) is 0 Å². The first-order valence-electron chi connectivity index (χ1n) is 5.75. The Labute approximate surface area is 101 Å². The van der Waals surface area contributed by atoms with E-state index in [1.807, 2.05) is 13.1 Å². The molecular formula is C11H18N4S. The molecule has 16 heavy (non-hydrogen) atoms. The third-order valence-corrected chi connectivity index (χ3v) is 4.06. The van der Waals surface area contributed by atoms with Gasteiger partial charge in [-0.25, -0.2) is 4.98 Å². The standard InChI is InChI=1S/C11H18N4S/c1-12-11-13-6-5-10(15-11)14-8-9-4-2-3-7-16-9/h5-6,9H,2-4,7-8H2,1H3,(H2,12,13,14,15). The molecule has 5 heteroatoms. The summed E-state index contributed by atoms with van der Waals surface area (Å²) in [6.07, 6.45) is 5.83. The molecule has 1 unspecified atom stereocenters. The average molecular weight is 238 g/mol. The Balaban J connectivity index is 1.83.